The summed E-state index contributed by atoms with van der Waals surface area (Å²) < 4.78 is 41.3. The second kappa shape index (κ2) is 9.20. The summed E-state index contributed by atoms with van der Waals surface area (Å²) in [5, 5.41) is 2.83. The van der Waals surface area contributed by atoms with E-state index in [9.17, 15) is 13.2 Å². The average molecular weight is 386 g/mol. The van der Waals surface area contributed by atoms with Crippen LogP contribution >= 0.6 is 0 Å². The Hall–Kier alpha value is -1.84. The summed E-state index contributed by atoms with van der Waals surface area (Å²) in [6.07, 6.45) is 1.30. The number of benzene rings is 1. The molecule has 1 aromatic rings. The summed E-state index contributed by atoms with van der Waals surface area (Å²) in [7, 11) is 1.11. The molecule has 1 aromatic carbocycles. The second-order valence-electron chi connectivity index (χ2n) is 6.06. The van der Waals surface area contributed by atoms with E-state index in [1.807, 2.05) is 0 Å². The summed E-state index contributed by atoms with van der Waals surface area (Å²) in [5.41, 5.74) is 0.576. The van der Waals surface area contributed by atoms with E-state index in [1.165, 1.54) is 25.6 Å². The highest BCUT2D eigenvalue weighted by molar-refractivity contribution is 7.89. The van der Waals surface area contributed by atoms with Gasteiger partial charge < -0.3 is 19.5 Å². The molecule has 0 bridgehead atoms. The molecule has 0 saturated carbocycles. The van der Waals surface area contributed by atoms with E-state index in [0.717, 1.165) is 0 Å². The number of amides is 1. The van der Waals surface area contributed by atoms with Gasteiger partial charge in [0.2, 0.25) is 15.9 Å². The third-order valence-corrected chi connectivity index (χ3v) is 6.15. The average Bonchev–Trinajstić information content (AvgIpc) is 2.66. The molecule has 1 atom stereocenters. The zero-order valence-electron chi connectivity index (χ0n) is 15.4. The van der Waals surface area contributed by atoms with Gasteiger partial charge in [-0.1, -0.05) is 0 Å². The number of piperidine rings is 1. The molecule has 1 saturated heterocycles. The van der Waals surface area contributed by atoms with E-state index >= 15 is 0 Å². The Bertz CT molecular complexity index is 722. The largest absolute Gasteiger partial charge is 0.493 e. The third-order valence-electron chi connectivity index (χ3n) is 4.34. The molecular weight excluding hydrogens is 360 g/mol. The Balaban J connectivity index is 2.03. The van der Waals surface area contributed by atoms with Gasteiger partial charge in [-0.25, -0.2) is 12.7 Å². The quantitative estimate of drug-likeness (QED) is 0.724. The van der Waals surface area contributed by atoms with Gasteiger partial charge in [0.15, 0.2) is 11.5 Å². The van der Waals surface area contributed by atoms with Crippen molar-refractivity contribution in [3.05, 3.63) is 18.2 Å². The summed E-state index contributed by atoms with van der Waals surface area (Å²) in [6.45, 7) is 0.763. The van der Waals surface area contributed by atoms with Crippen LogP contribution in [-0.4, -0.2) is 65.4 Å². The lowest BCUT2D eigenvalue weighted by molar-refractivity contribution is -0.120. The lowest BCUT2D eigenvalue weighted by Crippen LogP contribution is -2.45. The molecule has 26 heavy (non-hydrogen) atoms. The molecule has 2 rings (SSSR count). The van der Waals surface area contributed by atoms with Gasteiger partial charge in [0.25, 0.3) is 0 Å². The van der Waals surface area contributed by atoms with Crippen LogP contribution in [0.25, 0.3) is 0 Å². The Morgan fingerprint density at radius 2 is 1.96 bits per heavy atom. The Labute approximate surface area is 154 Å². The number of ether oxygens (including phenoxy) is 3. The van der Waals surface area contributed by atoms with Crippen LogP contribution in [0.2, 0.25) is 0 Å². The maximum absolute atomic E-state index is 12.6. The van der Waals surface area contributed by atoms with Gasteiger partial charge in [-0.2, -0.15) is 0 Å². The maximum Gasteiger partial charge on any atom is 0.228 e. The van der Waals surface area contributed by atoms with Crippen LogP contribution in [0.15, 0.2) is 18.2 Å². The van der Waals surface area contributed by atoms with Crippen molar-refractivity contribution >= 4 is 21.6 Å². The molecule has 0 aliphatic carbocycles. The van der Waals surface area contributed by atoms with Crippen molar-refractivity contribution in [1.82, 2.24) is 4.31 Å². The third kappa shape index (κ3) is 5.09. The van der Waals surface area contributed by atoms with Crippen molar-refractivity contribution < 1.29 is 27.4 Å². The van der Waals surface area contributed by atoms with Crippen molar-refractivity contribution in [2.45, 2.75) is 12.8 Å². The predicted molar refractivity (Wildman–Crippen MR) is 98.1 cm³/mol. The minimum atomic E-state index is -3.41. The number of anilines is 1. The maximum atomic E-state index is 12.6. The van der Waals surface area contributed by atoms with Crippen molar-refractivity contribution in [1.29, 1.82) is 0 Å². The molecule has 8 nitrogen and oxygen atoms in total. The van der Waals surface area contributed by atoms with Crippen molar-refractivity contribution in [2.24, 2.45) is 5.92 Å². The van der Waals surface area contributed by atoms with E-state index in [0.29, 0.717) is 36.6 Å². The second-order valence-corrected chi connectivity index (χ2v) is 8.15. The Kier molecular flexibility index (Phi) is 7.24. The minimum absolute atomic E-state index is 0.0759. The van der Waals surface area contributed by atoms with Gasteiger partial charge in [0.1, 0.15) is 0 Å². The van der Waals surface area contributed by atoms with E-state index in [4.69, 9.17) is 14.2 Å². The van der Waals surface area contributed by atoms with Crippen molar-refractivity contribution in [3.8, 4) is 11.5 Å². The first-order valence-electron chi connectivity index (χ1n) is 8.41. The molecule has 146 valence electrons. The van der Waals surface area contributed by atoms with E-state index in [2.05, 4.69) is 5.32 Å². The molecule has 1 unspecified atom stereocenters. The molecule has 1 amide bonds. The molecule has 0 radical (unpaired) electrons. The van der Waals surface area contributed by atoms with Crippen LogP contribution in [0.3, 0.4) is 0 Å². The van der Waals surface area contributed by atoms with Gasteiger partial charge in [0.05, 0.1) is 32.5 Å². The summed E-state index contributed by atoms with van der Waals surface area (Å²) in [6, 6.07) is 5.10. The van der Waals surface area contributed by atoms with Gasteiger partial charge in [-0.15, -0.1) is 0 Å². The molecule has 9 heteroatoms. The fourth-order valence-corrected chi connectivity index (χ4v) is 4.33. The summed E-state index contributed by atoms with van der Waals surface area (Å²) in [5.74, 6) is 0.405. The molecule has 1 aliphatic heterocycles. The van der Waals surface area contributed by atoms with E-state index in [1.54, 1.807) is 18.2 Å². The molecule has 1 fully saturated rings. The number of nitrogens with one attached hydrogen (secondary N) is 1. The first-order chi connectivity index (χ1) is 12.4. The van der Waals surface area contributed by atoms with Crippen LogP contribution in [0.5, 0.6) is 11.5 Å². The number of hydrogen-bond acceptors (Lipinski definition) is 6. The zero-order chi connectivity index (χ0) is 19.2. The van der Waals surface area contributed by atoms with Crippen LogP contribution < -0.4 is 14.8 Å². The molecule has 0 aromatic heterocycles. The van der Waals surface area contributed by atoms with Gasteiger partial charge in [0, 0.05) is 32.0 Å². The van der Waals surface area contributed by atoms with E-state index in [-0.39, 0.29) is 24.8 Å². The first kappa shape index (κ1) is 20.5. The fraction of sp³-hybridized carbons (Fsp3) is 0.588. The fourth-order valence-electron chi connectivity index (χ4n) is 2.89. The van der Waals surface area contributed by atoms with Crippen LogP contribution in [0.1, 0.15) is 12.8 Å². The van der Waals surface area contributed by atoms with Gasteiger partial charge >= 0.3 is 0 Å². The topological polar surface area (TPSA) is 94.2 Å². The zero-order valence-corrected chi connectivity index (χ0v) is 16.2. The highest BCUT2D eigenvalue weighted by atomic mass is 32.2. The molecule has 1 N–H and O–H groups in total. The van der Waals surface area contributed by atoms with Crippen molar-refractivity contribution in [2.75, 3.05) is 52.1 Å². The van der Waals surface area contributed by atoms with Crippen LogP contribution in [0, 0.1) is 5.92 Å². The number of nitrogens with zero attached hydrogens (tertiary/aromatic N) is 1. The van der Waals surface area contributed by atoms with Gasteiger partial charge in [-0.05, 0) is 25.0 Å². The number of carbonyl (C=O) groups excluding carboxylic acids is 1. The van der Waals surface area contributed by atoms with E-state index < -0.39 is 15.9 Å². The van der Waals surface area contributed by atoms with Crippen molar-refractivity contribution in [3.63, 3.8) is 0 Å². The van der Waals surface area contributed by atoms with Gasteiger partial charge in [-0.3, -0.25) is 4.79 Å². The monoisotopic (exact) mass is 386 g/mol. The molecule has 1 aliphatic rings. The highest BCUT2D eigenvalue weighted by Gasteiger charge is 2.32. The summed E-state index contributed by atoms with van der Waals surface area (Å²) in [4.78, 5) is 12.6. The number of methoxy groups -OCH3 is 3. The molecular formula is C17H26N2O6S. The summed E-state index contributed by atoms with van der Waals surface area (Å²) >= 11 is 0. The SMILES string of the molecule is COCCS(=O)(=O)N1CCCC(C(=O)Nc2ccc(OC)c(OC)c2)C1. The number of carbonyl (C=O) groups is 1. The number of rotatable bonds is 8. The smallest absolute Gasteiger partial charge is 0.228 e. The normalized spacial score (nSPS) is 18.3. The Morgan fingerprint density at radius 3 is 2.62 bits per heavy atom. The predicted octanol–water partition coefficient (Wildman–Crippen LogP) is 1.33. The molecule has 0 spiro atoms. The number of sulfonamides is 1. The lowest BCUT2D eigenvalue weighted by Gasteiger charge is -2.31. The number of hydrogen-bond donors (Lipinski definition) is 1. The Morgan fingerprint density at radius 1 is 1.23 bits per heavy atom. The lowest BCUT2D eigenvalue weighted by atomic mass is 9.98. The van der Waals surface area contributed by atoms with Crippen LogP contribution in [-0.2, 0) is 19.6 Å². The minimum Gasteiger partial charge on any atom is -0.493 e. The highest BCUT2D eigenvalue weighted by Crippen LogP contribution is 2.30. The van der Waals surface area contributed by atoms with Crippen LogP contribution in [0.4, 0.5) is 5.69 Å². The molecule has 1 heterocycles. The first-order valence-corrected chi connectivity index (χ1v) is 10.0. The standard InChI is InChI=1S/C17H26N2O6S/c1-23-9-10-26(21,22)19-8-4-5-13(12-19)17(20)18-14-6-7-15(24-2)16(11-14)25-3/h6-7,11,13H,4-5,8-10,12H2,1-3H3,(H,18,20).